The lowest BCUT2D eigenvalue weighted by atomic mass is 9.74. The minimum atomic E-state index is -1.45. The Labute approximate surface area is 291 Å². The first-order valence-corrected chi connectivity index (χ1v) is 17.9. The van der Waals surface area contributed by atoms with E-state index in [4.69, 9.17) is 14.2 Å². The quantitative estimate of drug-likeness (QED) is 0.276. The maximum Gasteiger partial charge on any atom is 0.313 e. The van der Waals surface area contributed by atoms with Crippen LogP contribution in [0.3, 0.4) is 0 Å². The Morgan fingerprint density at radius 1 is 1.10 bits per heavy atom. The fraction of sp³-hybridized carbons (Fsp3) is 0.611. The standard InChI is InChI=1S/C36H48BrN3O8/c1-5-7-17-39-18-13-9-12-16-27(42)38-25(21-46-4)30(23-14-10-8-11-15-23)47-35(45)28-29-33(43)40(26(20-41)22(3)6-2)32(34(39)44)36(29)19-24(37)31(28)48-36/h8-11,13-15,19,22,25-26,28-32,41H,5-7,12,16-18,20-21H2,1-4H3,(H,38,42)/b13-9-/t22-,25+,26-,28-,29+,30+,31-,32-,36+/m0/s1. The number of allylic oxidation sites excluding steroid dienone is 1. The molecule has 0 unspecified atom stereocenters. The number of rotatable bonds is 10. The molecular weight excluding hydrogens is 682 g/mol. The molecule has 5 bridgehead atoms. The van der Waals surface area contributed by atoms with Crippen LogP contribution in [0.2, 0.25) is 0 Å². The molecule has 1 aromatic carbocycles. The summed E-state index contributed by atoms with van der Waals surface area (Å²) in [6.07, 6.45) is 6.62. The lowest BCUT2D eigenvalue weighted by Crippen LogP contribution is -2.59. The van der Waals surface area contributed by atoms with Gasteiger partial charge in [-0.2, -0.15) is 0 Å². The smallest absolute Gasteiger partial charge is 0.313 e. The minimum Gasteiger partial charge on any atom is -0.455 e. The third-order valence-electron chi connectivity index (χ3n) is 10.3. The number of unbranched alkanes of at least 4 members (excludes halogenated alkanes) is 1. The number of amides is 3. The van der Waals surface area contributed by atoms with Crippen molar-refractivity contribution >= 4 is 39.6 Å². The second kappa shape index (κ2) is 15.7. The number of cyclic esters (lactones) is 1. The summed E-state index contributed by atoms with van der Waals surface area (Å²) in [5, 5.41) is 13.7. The number of aliphatic hydroxyl groups is 1. The Kier molecular flexibility index (Phi) is 11.8. The van der Waals surface area contributed by atoms with Gasteiger partial charge in [-0.05, 0) is 30.4 Å². The van der Waals surface area contributed by atoms with Crippen LogP contribution in [0.15, 0.2) is 53.0 Å². The lowest BCUT2D eigenvalue weighted by molar-refractivity contribution is -0.163. The number of hydrogen-bond donors (Lipinski definition) is 2. The van der Waals surface area contributed by atoms with E-state index >= 15 is 0 Å². The topological polar surface area (TPSA) is 135 Å². The summed E-state index contributed by atoms with van der Waals surface area (Å²) in [7, 11) is 1.51. The second-order valence-corrected chi connectivity index (χ2v) is 14.2. The molecule has 1 aromatic rings. The summed E-state index contributed by atoms with van der Waals surface area (Å²) < 4.78 is 19.0. The Bertz CT molecular complexity index is 1400. The molecule has 4 heterocycles. The number of carbonyl (C=O) groups excluding carboxylic acids is 4. The average molecular weight is 731 g/mol. The van der Waals surface area contributed by atoms with Crippen LogP contribution in [0, 0.1) is 17.8 Å². The van der Waals surface area contributed by atoms with Crippen LogP contribution in [-0.4, -0.2) is 102 Å². The molecule has 0 radical (unpaired) electrons. The predicted octanol–water partition coefficient (Wildman–Crippen LogP) is 3.66. The summed E-state index contributed by atoms with van der Waals surface area (Å²) in [5.41, 5.74) is -0.803. The number of fused-ring (bicyclic) bond motifs is 2. The molecule has 4 aliphatic heterocycles. The van der Waals surface area contributed by atoms with E-state index in [-0.39, 0.29) is 43.9 Å². The fourth-order valence-electron chi connectivity index (χ4n) is 7.62. The van der Waals surface area contributed by atoms with Crippen molar-refractivity contribution < 1.29 is 38.5 Å². The van der Waals surface area contributed by atoms with Crippen LogP contribution >= 0.6 is 15.9 Å². The average Bonchev–Trinajstić information content (AvgIpc) is 3.68. The fourth-order valence-corrected chi connectivity index (χ4v) is 8.35. The Morgan fingerprint density at radius 3 is 2.52 bits per heavy atom. The number of methoxy groups -OCH3 is 1. The highest BCUT2D eigenvalue weighted by atomic mass is 79.9. The van der Waals surface area contributed by atoms with Crippen molar-refractivity contribution in [3.63, 3.8) is 0 Å². The van der Waals surface area contributed by atoms with E-state index in [9.17, 15) is 24.3 Å². The molecule has 0 aromatic heterocycles. The van der Waals surface area contributed by atoms with E-state index in [1.54, 1.807) is 11.0 Å². The summed E-state index contributed by atoms with van der Waals surface area (Å²) in [4.78, 5) is 60.4. The first-order chi connectivity index (χ1) is 23.1. The van der Waals surface area contributed by atoms with Crippen LogP contribution in [0.4, 0.5) is 0 Å². The van der Waals surface area contributed by atoms with Gasteiger partial charge < -0.3 is 34.4 Å². The second-order valence-electron chi connectivity index (χ2n) is 13.3. The summed E-state index contributed by atoms with van der Waals surface area (Å²) in [5.74, 6) is -3.92. The number of likely N-dealkylation sites (tertiary alicyclic amines) is 1. The monoisotopic (exact) mass is 729 g/mol. The van der Waals surface area contributed by atoms with Crippen molar-refractivity contribution in [3.8, 4) is 0 Å². The molecule has 0 saturated carbocycles. The lowest BCUT2D eigenvalue weighted by Gasteiger charge is -2.40. The van der Waals surface area contributed by atoms with Crippen LogP contribution in [0.5, 0.6) is 0 Å². The van der Waals surface area contributed by atoms with Crippen molar-refractivity contribution in [3.05, 3.63) is 58.6 Å². The van der Waals surface area contributed by atoms with Crippen LogP contribution in [0.1, 0.15) is 64.5 Å². The van der Waals surface area contributed by atoms with Crippen molar-refractivity contribution in [1.82, 2.24) is 15.1 Å². The molecule has 9 atom stereocenters. The van der Waals surface area contributed by atoms with Crippen molar-refractivity contribution in [2.75, 3.05) is 33.4 Å². The Morgan fingerprint density at radius 2 is 1.85 bits per heavy atom. The van der Waals surface area contributed by atoms with Gasteiger partial charge in [0.25, 0.3) is 0 Å². The molecule has 48 heavy (non-hydrogen) atoms. The largest absolute Gasteiger partial charge is 0.455 e. The molecule has 4 aliphatic rings. The number of ether oxygens (including phenoxy) is 3. The number of halogens is 1. The van der Waals surface area contributed by atoms with Gasteiger partial charge in [-0.25, -0.2) is 0 Å². The van der Waals surface area contributed by atoms with Crippen molar-refractivity contribution in [1.29, 1.82) is 0 Å². The normalized spacial score (nSPS) is 32.8. The Balaban J connectivity index is 1.65. The van der Waals surface area contributed by atoms with Crippen LogP contribution in [0.25, 0.3) is 0 Å². The molecule has 2 fully saturated rings. The van der Waals surface area contributed by atoms with E-state index in [0.29, 0.717) is 29.4 Å². The number of esters is 1. The molecule has 262 valence electrons. The maximum absolute atomic E-state index is 14.8. The molecule has 3 amide bonds. The number of benzene rings is 1. The van der Waals surface area contributed by atoms with Gasteiger partial charge >= 0.3 is 5.97 Å². The van der Waals surface area contributed by atoms with Gasteiger partial charge in [-0.15, -0.1) is 0 Å². The molecule has 5 rings (SSSR count). The third kappa shape index (κ3) is 6.73. The van der Waals surface area contributed by atoms with E-state index < -0.39 is 59.6 Å². The van der Waals surface area contributed by atoms with E-state index in [1.807, 2.05) is 63.3 Å². The molecular formula is C36H48BrN3O8. The highest BCUT2D eigenvalue weighted by molar-refractivity contribution is 9.11. The molecule has 12 heteroatoms. The number of hydrogen-bond acceptors (Lipinski definition) is 8. The van der Waals surface area contributed by atoms with Crippen molar-refractivity contribution in [2.45, 2.75) is 88.8 Å². The third-order valence-corrected chi connectivity index (χ3v) is 10.9. The van der Waals surface area contributed by atoms with Gasteiger partial charge in [0, 0.05) is 31.1 Å². The van der Waals surface area contributed by atoms with E-state index in [0.717, 1.165) is 12.8 Å². The number of carbonyl (C=O) groups is 4. The van der Waals surface area contributed by atoms with Crippen LogP contribution < -0.4 is 5.32 Å². The van der Waals surface area contributed by atoms with Gasteiger partial charge in [-0.3, -0.25) is 19.2 Å². The zero-order valence-corrected chi connectivity index (χ0v) is 29.8. The minimum absolute atomic E-state index is 0.0682. The highest BCUT2D eigenvalue weighted by Gasteiger charge is 2.75. The highest BCUT2D eigenvalue weighted by Crippen LogP contribution is 2.59. The molecule has 2 saturated heterocycles. The van der Waals surface area contributed by atoms with Gasteiger partial charge in [0.2, 0.25) is 17.7 Å². The Hall–Kier alpha value is -3.06. The molecule has 0 aliphatic carbocycles. The first-order valence-electron chi connectivity index (χ1n) is 17.1. The van der Waals surface area contributed by atoms with Gasteiger partial charge in [0.15, 0.2) is 0 Å². The predicted molar refractivity (Wildman–Crippen MR) is 182 cm³/mol. The number of nitrogens with one attached hydrogen (secondary N) is 1. The summed E-state index contributed by atoms with van der Waals surface area (Å²) in [6.45, 7) is 6.41. The maximum atomic E-state index is 14.8. The molecule has 11 nitrogen and oxygen atoms in total. The SMILES string of the molecule is CCCCN1C/C=C\CCC(=O)N[C@H](COC)[C@@H](c2ccccc2)OC(=O)[C@@H]2[C@H]3O[C@@]4(C=C3Br)[C@H](C1=O)N([C@@H](CO)[C@@H](C)CC)C(=O)[C@@H]24. The first kappa shape index (κ1) is 36.2. The number of nitrogens with zero attached hydrogens (tertiary/aromatic N) is 2. The molecule has 1 spiro atoms. The van der Waals surface area contributed by atoms with Crippen molar-refractivity contribution in [2.24, 2.45) is 17.8 Å². The summed E-state index contributed by atoms with van der Waals surface area (Å²) >= 11 is 3.61. The van der Waals surface area contributed by atoms with E-state index in [2.05, 4.69) is 21.2 Å². The van der Waals surface area contributed by atoms with Crippen LogP contribution in [-0.2, 0) is 33.4 Å². The van der Waals surface area contributed by atoms with Gasteiger partial charge in [0.1, 0.15) is 29.8 Å². The number of aliphatic hydroxyl groups excluding tert-OH is 1. The zero-order valence-electron chi connectivity index (χ0n) is 28.2. The summed E-state index contributed by atoms with van der Waals surface area (Å²) in [6, 6.07) is 6.61. The zero-order chi connectivity index (χ0) is 34.6. The van der Waals surface area contributed by atoms with E-state index in [1.165, 1.54) is 12.0 Å². The van der Waals surface area contributed by atoms with Gasteiger partial charge in [0.05, 0.1) is 31.2 Å². The van der Waals surface area contributed by atoms with Gasteiger partial charge in [-0.1, -0.05) is 92.0 Å². The molecule has 2 N–H and O–H groups in total.